The molecule has 8 heteroatoms. The summed E-state index contributed by atoms with van der Waals surface area (Å²) in [7, 11) is -4.02. The highest BCUT2D eigenvalue weighted by Crippen LogP contribution is 2.28. The fourth-order valence-electron chi connectivity index (χ4n) is 1.13. The maximum atomic E-state index is 12.9. The van der Waals surface area contributed by atoms with Crippen molar-refractivity contribution < 1.29 is 21.4 Å². The third-order valence-corrected chi connectivity index (χ3v) is 5.21. The molecule has 1 aromatic carbocycles. The van der Waals surface area contributed by atoms with Crippen LogP contribution in [0.4, 0.5) is 8.78 Å². The van der Waals surface area contributed by atoms with Crippen LogP contribution >= 0.6 is 27.3 Å². The van der Waals surface area contributed by atoms with Gasteiger partial charge in [-0.2, -0.15) is 8.42 Å². The fourth-order valence-corrected chi connectivity index (χ4v) is 4.02. The zero-order valence-corrected chi connectivity index (χ0v) is 11.8. The summed E-state index contributed by atoms with van der Waals surface area (Å²) >= 11 is 4.08. The molecule has 0 N–H and O–H groups in total. The fraction of sp³-hybridized carbons (Fsp3) is 0. The molecule has 18 heavy (non-hydrogen) atoms. The van der Waals surface area contributed by atoms with E-state index in [1.54, 1.807) is 6.07 Å². The van der Waals surface area contributed by atoms with E-state index in [9.17, 15) is 17.2 Å². The Kier molecular flexibility index (Phi) is 3.69. The molecule has 0 aliphatic rings. The topological polar surface area (TPSA) is 43.4 Å². The van der Waals surface area contributed by atoms with Gasteiger partial charge < -0.3 is 4.18 Å². The van der Waals surface area contributed by atoms with Crippen molar-refractivity contribution in [3.05, 3.63) is 45.8 Å². The normalized spacial score (nSPS) is 11.5. The number of thiophene rings is 1. The van der Waals surface area contributed by atoms with Crippen LogP contribution in [0.5, 0.6) is 5.75 Å². The van der Waals surface area contributed by atoms with Crippen LogP contribution in [0.15, 0.2) is 38.3 Å². The molecule has 0 unspecified atom stereocenters. The lowest BCUT2D eigenvalue weighted by Gasteiger charge is -2.05. The van der Waals surface area contributed by atoms with Gasteiger partial charge in [-0.3, -0.25) is 0 Å². The Labute approximate surface area is 114 Å². The van der Waals surface area contributed by atoms with Gasteiger partial charge in [0.05, 0.1) is 3.79 Å². The molecule has 1 aromatic heterocycles. The van der Waals surface area contributed by atoms with Crippen molar-refractivity contribution in [1.82, 2.24) is 0 Å². The summed E-state index contributed by atoms with van der Waals surface area (Å²) in [6.07, 6.45) is 0. The first-order chi connectivity index (χ1) is 8.38. The zero-order valence-electron chi connectivity index (χ0n) is 8.56. The minimum atomic E-state index is -4.02. The molecule has 0 saturated carbocycles. The second kappa shape index (κ2) is 4.94. The van der Waals surface area contributed by atoms with Crippen molar-refractivity contribution in [2.45, 2.75) is 4.21 Å². The Morgan fingerprint density at radius 2 is 1.83 bits per heavy atom. The summed E-state index contributed by atoms with van der Waals surface area (Å²) in [4.78, 5) is 0. The number of hydrogen-bond acceptors (Lipinski definition) is 4. The van der Waals surface area contributed by atoms with Gasteiger partial charge in [0.1, 0.15) is 5.75 Å². The average Bonchev–Trinajstić information content (AvgIpc) is 2.71. The summed E-state index contributed by atoms with van der Waals surface area (Å²) in [5, 5.41) is 0. The summed E-state index contributed by atoms with van der Waals surface area (Å²) in [5.41, 5.74) is 0. The second-order valence-electron chi connectivity index (χ2n) is 3.17. The van der Waals surface area contributed by atoms with Gasteiger partial charge in [-0.25, -0.2) is 8.78 Å². The van der Waals surface area contributed by atoms with Gasteiger partial charge in [0, 0.05) is 6.07 Å². The van der Waals surface area contributed by atoms with Crippen molar-refractivity contribution in [3.8, 4) is 5.75 Å². The van der Waals surface area contributed by atoms with Gasteiger partial charge in [-0.1, -0.05) is 0 Å². The second-order valence-corrected chi connectivity index (χ2v) is 7.41. The van der Waals surface area contributed by atoms with Gasteiger partial charge in [-0.15, -0.1) is 11.3 Å². The molecule has 0 spiro atoms. The van der Waals surface area contributed by atoms with E-state index in [1.165, 1.54) is 6.07 Å². The molecule has 96 valence electrons. The number of hydrogen-bond donors (Lipinski definition) is 0. The van der Waals surface area contributed by atoms with Gasteiger partial charge in [0.15, 0.2) is 15.8 Å². The van der Waals surface area contributed by atoms with Crippen LogP contribution in [0, 0.1) is 11.6 Å². The lowest BCUT2D eigenvalue weighted by Crippen LogP contribution is -2.08. The minimum Gasteiger partial charge on any atom is -0.378 e. The van der Waals surface area contributed by atoms with Crippen LogP contribution in [0.2, 0.25) is 0 Å². The van der Waals surface area contributed by atoms with Gasteiger partial charge in [0.25, 0.3) is 0 Å². The highest BCUT2D eigenvalue weighted by Gasteiger charge is 2.19. The van der Waals surface area contributed by atoms with Crippen LogP contribution < -0.4 is 4.18 Å². The third kappa shape index (κ3) is 2.88. The van der Waals surface area contributed by atoms with Crippen molar-refractivity contribution in [3.63, 3.8) is 0 Å². The molecular formula is C10H5BrF2O3S2. The average molecular weight is 355 g/mol. The van der Waals surface area contributed by atoms with E-state index in [2.05, 4.69) is 15.9 Å². The maximum absolute atomic E-state index is 12.9. The summed E-state index contributed by atoms with van der Waals surface area (Å²) in [6, 6.07) is 5.41. The zero-order chi connectivity index (χ0) is 13.3. The third-order valence-electron chi connectivity index (χ3n) is 1.89. The Hall–Kier alpha value is -0.990. The summed E-state index contributed by atoms with van der Waals surface area (Å²) in [5.74, 6) is -2.52. The van der Waals surface area contributed by atoms with E-state index in [0.717, 1.165) is 23.5 Å². The molecule has 0 fully saturated rings. The molecule has 0 amide bonds. The van der Waals surface area contributed by atoms with Crippen LogP contribution in [0.1, 0.15) is 0 Å². The van der Waals surface area contributed by atoms with E-state index in [4.69, 9.17) is 4.18 Å². The first-order valence-electron chi connectivity index (χ1n) is 4.53. The summed E-state index contributed by atoms with van der Waals surface area (Å²) < 4.78 is 54.4. The Balaban J connectivity index is 2.30. The standard InChI is InChI=1S/C10H5BrF2O3S2/c11-9-3-4-10(17-9)18(14,15)16-6-1-2-7(12)8(13)5-6/h1-5H. The lowest BCUT2D eigenvalue weighted by atomic mass is 10.3. The highest BCUT2D eigenvalue weighted by atomic mass is 79.9. The van der Waals surface area contributed by atoms with Crippen molar-refractivity contribution in [2.24, 2.45) is 0 Å². The predicted molar refractivity (Wildman–Crippen MR) is 66.2 cm³/mol. The monoisotopic (exact) mass is 354 g/mol. The van der Waals surface area contributed by atoms with Gasteiger partial charge in [0.2, 0.25) is 0 Å². The van der Waals surface area contributed by atoms with Crippen molar-refractivity contribution in [1.29, 1.82) is 0 Å². The molecule has 0 bridgehead atoms. The van der Waals surface area contributed by atoms with Gasteiger partial charge >= 0.3 is 10.1 Å². The number of rotatable bonds is 3. The minimum absolute atomic E-state index is 0.0286. The van der Waals surface area contributed by atoms with Crippen molar-refractivity contribution in [2.75, 3.05) is 0 Å². The van der Waals surface area contributed by atoms with Crippen LogP contribution in [0.3, 0.4) is 0 Å². The molecule has 0 aliphatic heterocycles. The number of halogens is 3. The SMILES string of the molecule is O=S(=O)(Oc1ccc(F)c(F)c1)c1ccc(Br)s1. The van der Waals surface area contributed by atoms with E-state index in [-0.39, 0.29) is 9.96 Å². The Morgan fingerprint density at radius 1 is 1.11 bits per heavy atom. The molecule has 3 nitrogen and oxygen atoms in total. The molecule has 2 rings (SSSR count). The Morgan fingerprint density at radius 3 is 2.39 bits per heavy atom. The van der Waals surface area contributed by atoms with Gasteiger partial charge in [-0.05, 0) is 40.2 Å². The van der Waals surface area contributed by atoms with Crippen LogP contribution in [-0.4, -0.2) is 8.42 Å². The van der Waals surface area contributed by atoms with Crippen LogP contribution in [0.25, 0.3) is 0 Å². The lowest BCUT2D eigenvalue weighted by molar-refractivity contribution is 0.473. The molecule has 0 radical (unpaired) electrons. The maximum Gasteiger partial charge on any atom is 0.348 e. The molecule has 0 aliphatic carbocycles. The smallest absolute Gasteiger partial charge is 0.348 e. The molecule has 0 atom stereocenters. The molecule has 1 heterocycles. The van der Waals surface area contributed by atoms with Crippen molar-refractivity contribution >= 4 is 37.4 Å². The van der Waals surface area contributed by atoms with Crippen LogP contribution in [-0.2, 0) is 10.1 Å². The summed E-state index contributed by atoms with van der Waals surface area (Å²) in [6.45, 7) is 0. The number of benzene rings is 1. The Bertz CT molecular complexity index is 682. The molecular weight excluding hydrogens is 350 g/mol. The van der Waals surface area contributed by atoms with E-state index >= 15 is 0 Å². The first kappa shape index (κ1) is 13.4. The highest BCUT2D eigenvalue weighted by molar-refractivity contribution is 9.11. The first-order valence-corrected chi connectivity index (χ1v) is 7.55. The van der Waals surface area contributed by atoms with E-state index < -0.39 is 21.8 Å². The van der Waals surface area contributed by atoms with E-state index in [1.807, 2.05) is 0 Å². The largest absolute Gasteiger partial charge is 0.378 e. The quantitative estimate of drug-likeness (QED) is 0.791. The molecule has 0 saturated heterocycles. The predicted octanol–water partition coefficient (Wildman–Crippen LogP) is 3.56. The molecule has 2 aromatic rings. The van der Waals surface area contributed by atoms with E-state index in [0.29, 0.717) is 9.85 Å².